The van der Waals surface area contributed by atoms with E-state index in [9.17, 15) is 30.8 Å². The van der Waals surface area contributed by atoms with E-state index in [1.165, 1.54) is 12.1 Å². The van der Waals surface area contributed by atoms with E-state index in [1.54, 1.807) is 0 Å². The van der Waals surface area contributed by atoms with Crippen molar-refractivity contribution in [2.45, 2.75) is 31.0 Å². The number of pyridine rings is 1. The van der Waals surface area contributed by atoms with Crippen molar-refractivity contribution in [1.82, 2.24) is 14.6 Å². The molecule has 14 heteroatoms. The first-order valence-corrected chi connectivity index (χ1v) is 12.6. The zero-order valence-corrected chi connectivity index (χ0v) is 19.8. The summed E-state index contributed by atoms with van der Waals surface area (Å²) in [5, 5.41) is -0.492. The smallest absolute Gasteiger partial charge is 0.404 e. The monoisotopic (exact) mass is 536 g/mol. The second-order valence-corrected chi connectivity index (χ2v) is 10.6. The third-order valence-electron chi connectivity index (χ3n) is 5.62. The van der Waals surface area contributed by atoms with Crippen molar-refractivity contribution in [3.63, 3.8) is 0 Å². The van der Waals surface area contributed by atoms with Gasteiger partial charge in [0.25, 0.3) is 5.91 Å². The lowest BCUT2D eigenvalue weighted by molar-refractivity contribution is -0.274. The first kappa shape index (κ1) is 25.5. The number of carbonyl (C=O) groups excluding carboxylic acids is 1. The SMILES string of the molecule is O=C(NS(=O)(=O)C1CC1)c1cc(Cl)c(CN2CCN(c3ccc(OC(F)(F)F)cn3)CC2)cc1F. The number of carbonyl (C=O) groups is 1. The van der Waals surface area contributed by atoms with E-state index in [-0.39, 0.29) is 11.6 Å². The molecule has 8 nitrogen and oxygen atoms in total. The number of alkyl halides is 3. The number of nitrogens with zero attached hydrogens (tertiary/aromatic N) is 3. The molecule has 4 rings (SSSR count). The lowest BCUT2D eigenvalue weighted by atomic mass is 10.1. The minimum Gasteiger partial charge on any atom is -0.404 e. The van der Waals surface area contributed by atoms with Gasteiger partial charge in [0.2, 0.25) is 10.0 Å². The maximum Gasteiger partial charge on any atom is 0.573 e. The van der Waals surface area contributed by atoms with Crippen LogP contribution in [0.2, 0.25) is 5.02 Å². The highest BCUT2D eigenvalue weighted by Crippen LogP contribution is 2.29. The van der Waals surface area contributed by atoms with Gasteiger partial charge in [-0.1, -0.05) is 11.6 Å². The molecule has 0 bridgehead atoms. The minimum atomic E-state index is -4.79. The van der Waals surface area contributed by atoms with Crippen LogP contribution >= 0.6 is 11.6 Å². The van der Waals surface area contributed by atoms with Crippen LogP contribution in [0.15, 0.2) is 30.5 Å². The summed E-state index contributed by atoms with van der Waals surface area (Å²) in [6.07, 6.45) is -2.85. The molecule has 1 aromatic heterocycles. The van der Waals surface area contributed by atoms with E-state index in [0.717, 1.165) is 18.3 Å². The minimum absolute atomic E-state index is 0.129. The number of benzene rings is 1. The Balaban J connectivity index is 1.34. The van der Waals surface area contributed by atoms with Crippen molar-refractivity contribution in [1.29, 1.82) is 0 Å². The summed E-state index contributed by atoms with van der Waals surface area (Å²) in [5.74, 6) is -1.84. The predicted molar refractivity (Wildman–Crippen MR) is 119 cm³/mol. The Morgan fingerprint density at radius 2 is 1.86 bits per heavy atom. The second-order valence-electron chi connectivity index (χ2n) is 8.26. The molecular weight excluding hydrogens is 516 g/mol. The molecule has 1 aliphatic carbocycles. The van der Waals surface area contributed by atoms with Gasteiger partial charge >= 0.3 is 6.36 Å². The summed E-state index contributed by atoms with van der Waals surface area (Å²) in [5.41, 5.74) is -0.0113. The van der Waals surface area contributed by atoms with E-state index >= 15 is 0 Å². The number of hydrogen-bond donors (Lipinski definition) is 1. The fourth-order valence-corrected chi connectivity index (χ4v) is 5.17. The number of anilines is 1. The van der Waals surface area contributed by atoms with Crippen LogP contribution in [0.4, 0.5) is 23.4 Å². The van der Waals surface area contributed by atoms with Crippen LogP contribution in [0.1, 0.15) is 28.8 Å². The first-order chi connectivity index (χ1) is 16.4. The molecule has 2 heterocycles. The third-order valence-corrected chi connectivity index (χ3v) is 7.79. The fourth-order valence-electron chi connectivity index (χ4n) is 3.66. The molecule has 0 spiro atoms. The molecule has 2 aliphatic rings. The standard InChI is InChI=1S/C21H21ClF4N4O4S/c22-17-10-16(20(31)28-35(32,33)15-2-3-15)18(23)9-13(17)12-29-5-7-30(8-6-29)19-4-1-14(11-27-19)34-21(24,25)26/h1,4,9-11,15H,2-3,5-8,12H2,(H,28,31). The Hall–Kier alpha value is -2.64. The zero-order valence-electron chi connectivity index (χ0n) is 18.2. The maximum atomic E-state index is 14.6. The highest BCUT2D eigenvalue weighted by Gasteiger charge is 2.37. The number of aromatic nitrogens is 1. The highest BCUT2D eigenvalue weighted by molar-refractivity contribution is 7.91. The van der Waals surface area contributed by atoms with Gasteiger partial charge < -0.3 is 9.64 Å². The number of hydrogen-bond acceptors (Lipinski definition) is 7. The van der Waals surface area contributed by atoms with Crippen LogP contribution in [-0.4, -0.2) is 62.0 Å². The molecule has 1 amide bonds. The quantitative estimate of drug-likeness (QED) is 0.543. The summed E-state index contributed by atoms with van der Waals surface area (Å²) in [4.78, 5) is 20.2. The molecule has 1 N–H and O–H groups in total. The van der Waals surface area contributed by atoms with Crippen molar-refractivity contribution < 1.29 is 35.5 Å². The Kier molecular flexibility index (Phi) is 7.11. The Bertz CT molecular complexity index is 1200. The Labute approximate surface area is 203 Å². The van der Waals surface area contributed by atoms with Crippen molar-refractivity contribution in [2.75, 3.05) is 31.1 Å². The van der Waals surface area contributed by atoms with Crippen LogP contribution in [0.25, 0.3) is 0 Å². The average Bonchev–Trinajstić information content (AvgIpc) is 3.62. The Morgan fingerprint density at radius 1 is 1.17 bits per heavy atom. The number of piperazine rings is 1. The van der Waals surface area contributed by atoms with E-state index in [4.69, 9.17) is 11.6 Å². The van der Waals surface area contributed by atoms with E-state index in [1.807, 2.05) is 14.5 Å². The van der Waals surface area contributed by atoms with Crippen molar-refractivity contribution >= 4 is 33.3 Å². The van der Waals surface area contributed by atoms with Crippen LogP contribution in [0, 0.1) is 5.82 Å². The lowest BCUT2D eigenvalue weighted by Gasteiger charge is -2.35. The van der Waals surface area contributed by atoms with Gasteiger partial charge in [-0.25, -0.2) is 22.5 Å². The molecule has 0 radical (unpaired) electrons. The van der Waals surface area contributed by atoms with Crippen molar-refractivity contribution in [3.8, 4) is 5.75 Å². The fraction of sp³-hybridized carbons (Fsp3) is 0.429. The summed E-state index contributed by atoms with van der Waals surface area (Å²) in [6.45, 7) is 2.42. The topological polar surface area (TPSA) is 91.8 Å². The molecule has 190 valence electrons. The molecule has 0 unspecified atom stereocenters. The largest absolute Gasteiger partial charge is 0.573 e. The van der Waals surface area contributed by atoms with Gasteiger partial charge in [-0.3, -0.25) is 9.69 Å². The molecular formula is C21H21ClF4N4O4S. The van der Waals surface area contributed by atoms with Crippen LogP contribution in [0.3, 0.4) is 0 Å². The Morgan fingerprint density at radius 3 is 2.43 bits per heavy atom. The van der Waals surface area contributed by atoms with E-state index in [0.29, 0.717) is 50.4 Å². The van der Waals surface area contributed by atoms with E-state index in [2.05, 4.69) is 9.72 Å². The molecule has 1 aliphatic heterocycles. The highest BCUT2D eigenvalue weighted by atomic mass is 35.5. The predicted octanol–water partition coefficient (Wildman–Crippen LogP) is 3.32. The van der Waals surface area contributed by atoms with Gasteiger partial charge in [0.15, 0.2) is 0 Å². The lowest BCUT2D eigenvalue weighted by Crippen LogP contribution is -2.46. The number of halogens is 5. The summed E-state index contributed by atoms with van der Waals surface area (Å²) in [7, 11) is -3.82. The molecule has 0 atom stereocenters. The summed E-state index contributed by atoms with van der Waals surface area (Å²) < 4.78 is 81.1. The van der Waals surface area contributed by atoms with Gasteiger partial charge in [0.1, 0.15) is 17.4 Å². The van der Waals surface area contributed by atoms with Crippen molar-refractivity contribution in [3.05, 3.63) is 52.4 Å². The zero-order chi connectivity index (χ0) is 25.4. The van der Waals surface area contributed by atoms with Gasteiger partial charge in [-0.15, -0.1) is 13.2 Å². The van der Waals surface area contributed by atoms with Gasteiger partial charge in [-0.05, 0) is 42.7 Å². The van der Waals surface area contributed by atoms with Crippen LogP contribution < -0.4 is 14.4 Å². The number of rotatable bonds is 7. The van der Waals surface area contributed by atoms with E-state index < -0.39 is 44.7 Å². The summed E-state index contributed by atoms with van der Waals surface area (Å²) in [6, 6.07) is 4.87. The van der Waals surface area contributed by atoms with Crippen molar-refractivity contribution in [2.24, 2.45) is 0 Å². The van der Waals surface area contributed by atoms with Gasteiger partial charge in [0.05, 0.1) is 17.0 Å². The van der Waals surface area contributed by atoms with Gasteiger partial charge in [-0.2, -0.15) is 0 Å². The molecule has 1 aromatic carbocycles. The summed E-state index contributed by atoms with van der Waals surface area (Å²) >= 11 is 6.26. The molecule has 35 heavy (non-hydrogen) atoms. The number of amides is 1. The van der Waals surface area contributed by atoms with Crippen LogP contribution in [-0.2, 0) is 16.6 Å². The van der Waals surface area contributed by atoms with Gasteiger partial charge in [0, 0.05) is 37.7 Å². The maximum absolute atomic E-state index is 14.6. The number of sulfonamides is 1. The average molecular weight is 537 g/mol. The second kappa shape index (κ2) is 9.78. The number of nitrogens with one attached hydrogen (secondary N) is 1. The normalized spacial score (nSPS) is 17.3. The molecule has 1 saturated carbocycles. The molecule has 2 fully saturated rings. The molecule has 1 saturated heterocycles. The molecule has 2 aromatic rings. The third kappa shape index (κ3) is 6.53. The number of ether oxygens (including phenoxy) is 1. The first-order valence-electron chi connectivity index (χ1n) is 10.6. The van der Waals surface area contributed by atoms with Crippen LogP contribution in [0.5, 0.6) is 5.75 Å².